The molecule has 1 aromatic heterocycles. The van der Waals surface area contributed by atoms with Crippen molar-refractivity contribution in [2.45, 2.75) is 38.8 Å². The van der Waals surface area contributed by atoms with Gasteiger partial charge in [0.05, 0.1) is 12.6 Å². The molecule has 1 unspecified atom stereocenters. The Morgan fingerprint density at radius 3 is 2.68 bits per heavy atom. The molecule has 0 saturated heterocycles. The second-order valence-electron chi connectivity index (χ2n) is 7.65. The maximum absolute atomic E-state index is 13.9. The van der Waals surface area contributed by atoms with E-state index in [1.807, 2.05) is 31.3 Å². The lowest BCUT2D eigenvalue weighted by Crippen LogP contribution is -2.49. The molecule has 1 atom stereocenters. The maximum atomic E-state index is 13.9. The number of amides is 2. The Bertz CT molecular complexity index is 874. The van der Waals surface area contributed by atoms with E-state index in [2.05, 4.69) is 4.57 Å². The fourth-order valence-corrected chi connectivity index (χ4v) is 4.19. The van der Waals surface area contributed by atoms with Crippen molar-refractivity contribution >= 4 is 11.8 Å². The van der Waals surface area contributed by atoms with Crippen LogP contribution in [0.1, 0.15) is 43.5 Å². The normalized spacial score (nSPS) is 19.1. The van der Waals surface area contributed by atoms with Gasteiger partial charge >= 0.3 is 0 Å². The molecule has 0 spiro atoms. The summed E-state index contributed by atoms with van der Waals surface area (Å²) in [6.07, 6.45) is 4.92. The van der Waals surface area contributed by atoms with E-state index in [0.717, 1.165) is 30.5 Å². The summed E-state index contributed by atoms with van der Waals surface area (Å²) in [5.41, 5.74) is 1.72. The lowest BCUT2D eigenvalue weighted by Gasteiger charge is -2.39. The van der Waals surface area contributed by atoms with Crippen LogP contribution in [0.2, 0.25) is 0 Å². The average molecular weight is 383 g/mol. The molecular weight excluding hydrogens is 357 g/mol. The predicted molar refractivity (Wildman–Crippen MR) is 104 cm³/mol. The van der Waals surface area contributed by atoms with Crippen molar-refractivity contribution in [3.05, 3.63) is 59.7 Å². The van der Waals surface area contributed by atoms with Crippen molar-refractivity contribution in [3.8, 4) is 0 Å². The summed E-state index contributed by atoms with van der Waals surface area (Å²) in [6, 6.07) is 10.0. The van der Waals surface area contributed by atoms with Crippen LogP contribution in [0.5, 0.6) is 0 Å². The van der Waals surface area contributed by atoms with E-state index in [0.29, 0.717) is 19.6 Å². The Labute approximate surface area is 164 Å². The summed E-state index contributed by atoms with van der Waals surface area (Å²) in [4.78, 5) is 29.3. The van der Waals surface area contributed by atoms with Gasteiger partial charge in [-0.25, -0.2) is 4.39 Å². The number of aromatic nitrogens is 1. The summed E-state index contributed by atoms with van der Waals surface area (Å²) in [7, 11) is 0. The molecule has 5 nitrogen and oxygen atoms in total. The van der Waals surface area contributed by atoms with Gasteiger partial charge in [-0.05, 0) is 49.6 Å². The number of carbonyl (C=O) groups is 2. The monoisotopic (exact) mass is 383 g/mol. The quantitative estimate of drug-likeness (QED) is 0.796. The van der Waals surface area contributed by atoms with Gasteiger partial charge in [-0.3, -0.25) is 9.59 Å². The number of carbonyl (C=O) groups excluding carboxylic acids is 2. The molecule has 0 radical (unpaired) electrons. The van der Waals surface area contributed by atoms with Gasteiger partial charge in [0, 0.05) is 37.4 Å². The zero-order valence-electron chi connectivity index (χ0n) is 16.2. The minimum absolute atomic E-state index is 0.0744. The van der Waals surface area contributed by atoms with Crippen molar-refractivity contribution in [3.63, 3.8) is 0 Å². The van der Waals surface area contributed by atoms with Gasteiger partial charge in [-0.15, -0.1) is 0 Å². The number of benzene rings is 1. The molecule has 0 bridgehead atoms. The van der Waals surface area contributed by atoms with Crippen molar-refractivity contribution in [2.75, 3.05) is 19.6 Å². The molecular formula is C22H26FN3O2. The van der Waals surface area contributed by atoms with Crippen LogP contribution in [-0.2, 0) is 16.1 Å². The summed E-state index contributed by atoms with van der Waals surface area (Å²) >= 11 is 0. The third kappa shape index (κ3) is 3.43. The topological polar surface area (TPSA) is 45.6 Å². The number of likely N-dealkylation sites (N-methyl/N-ethyl adjacent to an activating group) is 1. The van der Waals surface area contributed by atoms with Crippen molar-refractivity contribution in [2.24, 2.45) is 5.92 Å². The molecule has 2 aromatic rings. The van der Waals surface area contributed by atoms with Crippen LogP contribution < -0.4 is 0 Å². The first-order chi connectivity index (χ1) is 13.6. The number of fused-ring (bicyclic) bond motifs is 1. The number of nitrogens with zero attached hydrogens (tertiary/aromatic N) is 3. The third-order valence-electron chi connectivity index (χ3n) is 6.00. The molecule has 2 aliphatic rings. The molecule has 1 fully saturated rings. The van der Waals surface area contributed by atoms with Gasteiger partial charge in [-0.2, -0.15) is 0 Å². The number of hydrogen-bond donors (Lipinski definition) is 0. The molecule has 1 aromatic carbocycles. The Morgan fingerprint density at radius 1 is 1.18 bits per heavy atom. The Morgan fingerprint density at radius 2 is 2.00 bits per heavy atom. The van der Waals surface area contributed by atoms with Gasteiger partial charge in [0.2, 0.25) is 11.8 Å². The van der Waals surface area contributed by atoms with E-state index in [9.17, 15) is 14.0 Å². The summed E-state index contributed by atoms with van der Waals surface area (Å²) in [5.74, 6) is -0.240. The zero-order valence-corrected chi connectivity index (χ0v) is 16.2. The van der Waals surface area contributed by atoms with E-state index in [1.165, 1.54) is 12.1 Å². The van der Waals surface area contributed by atoms with Crippen LogP contribution in [0.25, 0.3) is 0 Å². The SMILES string of the molecule is CCN(CC(=O)N1CCn2cccc2C1c1cccc(F)c1)C(=O)C1CCC1. The molecule has 28 heavy (non-hydrogen) atoms. The molecule has 2 heterocycles. The van der Waals surface area contributed by atoms with E-state index in [-0.39, 0.29) is 36.1 Å². The second-order valence-corrected chi connectivity index (χ2v) is 7.65. The molecule has 1 aliphatic heterocycles. The first kappa shape index (κ1) is 18.7. The van der Waals surface area contributed by atoms with Crippen molar-refractivity contribution < 1.29 is 14.0 Å². The highest BCUT2D eigenvalue weighted by atomic mass is 19.1. The average Bonchev–Trinajstić information content (AvgIpc) is 3.12. The molecule has 1 saturated carbocycles. The minimum Gasteiger partial charge on any atom is -0.348 e. The highest BCUT2D eigenvalue weighted by molar-refractivity contribution is 5.86. The van der Waals surface area contributed by atoms with E-state index < -0.39 is 0 Å². The van der Waals surface area contributed by atoms with Gasteiger partial charge in [-0.1, -0.05) is 18.6 Å². The van der Waals surface area contributed by atoms with Crippen LogP contribution in [0, 0.1) is 11.7 Å². The van der Waals surface area contributed by atoms with Crippen LogP contribution in [0.3, 0.4) is 0 Å². The van der Waals surface area contributed by atoms with Crippen molar-refractivity contribution in [1.82, 2.24) is 14.4 Å². The van der Waals surface area contributed by atoms with E-state index in [4.69, 9.17) is 0 Å². The number of halogens is 1. The van der Waals surface area contributed by atoms with Crippen molar-refractivity contribution in [1.29, 1.82) is 0 Å². The molecule has 4 rings (SSSR count). The Kier molecular flexibility index (Phi) is 5.20. The lowest BCUT2D eigenvalue weighted by atomic mass is 9.84. The van der Waals surface area contributed by atoms with Gasteiger partial charge in [0.1, 0.15) is 5.82 Å². The van der Waals surface area contributed by atoms with E-state index in [1.54, 1.807) is 15.9 Å². The molecule has 6 heteroatoms. The summed E-state index contributed by atoms with van der Waals surface area (Å²) < 4.78 is 16.0. The summed E-state index contributed by atoms with van der Waals surface area (Å²) in [5, 5.41) is 0. The molecule has 0 N–H and O–H groups in total. The van der Waals surface area contributed by atoms with E-state index >= 15 is 0 Å². The van der Waals surface area contributed by atoms with Gasteiger partial charge < -0.3 is 14.4 Å². The standard InChI is InChI=1S/C22H26FN3O2/c1-2-24(22(28)16-6-3-7-16)15-20(27)26-13-12-25-11-5-10-19(25)21(26)17-8-4-9-18(23)14-17/h4-5,8-11,14,16,21H,2-3,6-7,12-13,15H2,1H3. The third-order valence-corrected chi connectivity index (χ3v) is 6.00. The first-order valence-corrected chi connectivity index (χ1v) is 10.1. The van der Waals surface area contributed by atoms with Crippen LogP contribution >= 0.6 is 0 Å². The molecule has 148 valence electrons. The van der Waals surface area contributed by atoms with Crippen LogP contribution in [0.15, 0.2) is 42.6 Å². The Balaban J connectivity index is 1.59. The maximum Gasteiger partial charge on any atom is 0.243 e. The largest absolute Gasteiger partial charge is 0.348 e. The van der Waals surface area contributed by atoms with Gasteiger partial charge in [0.25, 0.3) is 0 Å². The summed E-state index contributed by atoms with van der Waals surface area (Å²) in [6.45, 7) is 3.75. The highest BCUT2D eigenvalue weighted by Gasteiger charge is 2.35. The van der Waals surface area contributed by atoms with Gasteiger partial charge in [0.15, 0.2) is 0 Å². The lowest BCUT2D eigenvalue weighted by molar-refractivity contribution is -0.145. The number of rotatable bonds is 5. The fraction of sp³-hybridized carbons (Fsp3) is 0.455. The highest BCUT2D eigenvalue weighted by Crippen LogP contribution is 2.33. The minimum atomic E-state index is -0.343. The predicted octanol–water partition coefficient (Wildman–Crippen LogP) is 3.21. The smallest absolute Gasteiger partial charge is 0.243 e. The van der Waals surface area contributed by atoms with Crippen LogP contribution in [0.4, 0.5) is 4.39 Å². The zero-order chi connectivity index (χ0) is 19.7. The second kappa shape index (κ2) is 7.78. The molecule has 2 amide bonds. The molecule has 1 aliphatic carbocycles. The van der Waals surface area contributed by atoms with Crippen LogP contribution in [-0.4, -0.2) is 45.8 Å². The fourth-order valence-electron chi connectivity index (χ4n) is 4.19. The number of hydrogen-bond acceptors (Lipinski definition) is 2. The first-order valence-electron chi connectivity index (χ1n) is 10.1. The Hall–Kier alpha value is -2.63.